The van der Waals surface area contributed by atoms with Crippen LogP contribution >= 0.6 is 30.3 Å². The molecule has 2 aliphatic rings. The first kappa shape index (κ1) is 120. The van der Waals surface area contributed by atoms with Crippen LogP contribution in [-0.4, -0.2) is 99.6 Å². The van der Waals surface area contributed by atoms with Crippen LogP contribution in [-0.2, 0) is 49.5 Å². The van der Waals surface area contributed by atoms with Crippen LogP contribution in [0.1, 0.15) is 172 Å². The zero-order valence-corrected chi connectivity index (χ0v) is 80.0. The molecule has 6 aromatic rings. The number of hydrogen-bond acceptors (Lipinski definition) is 15. The van der Waals surface area contributed by atoms with Crippen molar-refractivity contribution in [2.75, 3.05) is 26.2 Å². The molecule has 4 N–H and O–H groups in total. The maximum absolute atomic E-state index is 11.2. The maximum atomic E-state index is 11.2. The summed E-state index contributed by atoms with van der Waals surface area (Å²) in [6.45, 7) is 23.2. The number of nitrogens with zero attached hydrogens (tertiary/aromatic N) is 6. The summed E-state index contributed by atoms with van der Waals surface area (Å²) in [5.41, 5.74) is 18.3. The molecule has 2 aromatic heterocycles. The van der Waals surface area contributed by atoms with Crippen molar-refractivity contribution in [1.29, 1.82) is 0 Å². The van der Waals surface area contributed by atoms with Crippen molar-refractivity contribution in [3.05, 3.63) is 154 Å². The average molecular weight is 1810 g/mol. The van der Waals surface area contributed by atoms with Gasteiger partial charge in [0.15, 0.2) is 0 Å². The van der Waals surface area contributed by atoms with Gasteiger partial charge in [-0.1, -0.05) is 65.0 Å². The summed E-state index contributed by atoms with van der Waals surface area (Å²) < 4.78 is 18.9. The molecule has 8 rings (SSSR count). The first-order chi connectivity index (χ1) is 62.6. The first-order valence-corrected chi connectivity index (χ1v) is 41.4. The Morgan fingerprint density at radius 3 is 0.909 bits per heavy atom. The van der Waals surface area contributed by atoms with Crippen molar-refractivity contribution >= 4 is 74.3 Å². The van der Waals surface area contributed by atoms with E-state index in [0.29, 0.717) is 40.0 Å². The fourth-order valence-corrected chi connectivity index (χ4v) is 9.95. The van der Waals surface area contributed by atoms with Gasteiger partial charge in [0, 0.05) is 248 Å². The molecule has 4 aromatic carbocycles. The van der Waals surface area contributed by atoms with Crippen LogP contribution < -0.4 is 50.5 Å². The largest absolute Gasteiger partial charge is 1.00 e. The smallest absolute Gasteiger partial charge is 0.793 e. The normalized spacial score (nSPS) is 9.50. The minimum absolute atomic E-state index is 0. The zero-order chi connectivity index (χ0) is 95.0. The fourth-order valence-electron chi connectivity index (χ4n) is 9.95. The fraction of sp³-hybridized carbons (Fsp3) is 0.241. The van der Waals surface area contributed by atoms with Crippen molar-refractivity contribution in [2.45, 2.75) is 134 Å². The van der Waals surface area contributed by atoms with Crippen molar-refractivity contribution in [3.63, 3.8) is 0 Å². The van der Waals surface area contributed by atoms with Crippen LogP contribution in [0, 0.1) is 286 Å². The summed E-state index contributed by atoms with van der Waals surface area (Å²) in [5, 5.41) is 8.88. The van der Waals surface area contributed by atoms with E-state index in [4.69, 9.17) is 20.9 Å². The topological polar surface area (TPSA) is 243 Å². The molecule has 1 aliphatic carbocycles. The zero-order valence-electron chi connectivity index (χ0n) is 74.9. The van der Waals surface area contributed by atoms with Gasteiger partial charge < -0.3 is 38.5 Å². The van der Waals surface area contributed by atoms with E-state index >= 15 is 0 Å². The Kier molecular flexibility index (Phi) is 73.4. The standard InChI is InChI=1S/C48H6.C23H26N4O2.C14H11NO3.C10H16N2.C6H15N.C4H6O4.C2H3BO2.CH4.ClH.Na.H4P2/c1-3-5-7-9-11-13-15-17-19-21-23-25-27-29-31-33-35-37-39-41-43-45-47-48-46-44-42-40-38-36-34-32-30-28-26-24-22-20-18-16-14-12-10-8-6-4-2;1-16-21(15-26(2)25-16)22-4-3-13-27(22)14-17-5-9-19(10-6-17)29-20-11-7-18(8-12-20)23(24)28;15-14(17)11-3-7-13(8-4-11)18-12-5-1-10(9-16)2-6-12;1-8-10(7-12(2)11-8)9-5-3-4-6-9;1-4-7(5-2)6-3;1-3(5)7-8-4(2)6;1-2(4)5-3;;;;1-2/h1-2H3;5-12,15,22H,3-4,13-14H2,1-2H3,(H2,24,28);1-9H,(H2,15,17);7,9H,3-6H2,1-2H3;4-6H2,1-3H3;1-2H3;1H3;1H4;1H;;1-2H2/q;;;;;;-1;;;+1;/t;22-;;;;;;;;;/m.0........./s1. The molecular formula is C108H92BClN8NaO11P2. The molecule has 0 bridgehead atoms. The van der Waals surface area contributed by atoms with E-state index in [2.05, 4.69) is 392 Å². The second kappa shape index (κ2) is 80.7. The first-order valence-electron chi connectivity index (χ1n) is 38.8. The number of carbonyl (C=O) groups is 6. The SMILES string of the molecule is C.CC#CC#CC#CC#CC#CC#CC#CC#CC#CC#CC#CC#CC#CC#CC#CC#CC#CC#CC#CC#CC#CC#CC#CC.CC(=O)OOC(C)=O.CCN(CC)CC.Cc1nn(C)cc1C1CCCC1.Cc1nn(C)cc1[C@@H]1CCCN1Cc1ccc(Oc2ccc(C(N)=O)cc2)cc1.Cl.NC(=O)c1ccc(Oc2ccc(C=O)cc2)cc1.PP.[B-]OC(C)=O.[Na+]. The quantitative estimate of drug-likeness (QED) is 0.0258. The number of halogens is 1. The molecule has 1 aliphatic heterocycles. The number of aromatic nitrogens is 4. The van der Waals surface area contributed by atoms with Crippen molar-refractivity contribution < 1.29 is 82.2 Å². The second-order valence-corrected chi connectivity index (χ2v) is 24.5. The number of hydrogen-bond donors (Lipinski definition) is 2. The summed E-state index contributed by atoms with van der Waals surface area (Å²) >= 11 is 0. The number of nitrogens with two attached hydrogens (primary N) is 2. The van der Waals surface area contributed by atoms with Crippen molar-refractivity contribution in [3.8, 4) is 295 Å². The minimum Gasteiger partial charge on any atom is -0.793 e. The molecule has 3 radical (unpaired) electrons. The molecule has 651 valence electrons. The van der Waals surface area contributed by atoms with E-state index in [1.807, 2.05) is 35.6 Å². The molecule has 3 atom stereocenters. The molecule has 2 unspecified atom stereocenters. The van der Waals surface area contributed by atoms with Crippen molar-refractivity contribution in [1.82, 2.24) is 29.4 Å². The number of primary amides is 2. The third-order valence-electron chi connectivity index (χ3n) is 15.4. The minimum atomic E-state index is -0.639. The molecule has 19 nitrogen and oxygen atoms in total. The van der Waals surface area contributed by atoms with E-state index in [1.54, 1.807) is 86.6 Å². The average Bonchev–Trinajstić information content (AvgIpc) is 1.67. The number of carbonyl (C=O) groups excluding carboxylic acids is 6. The number of benzene rings is 4. The van der Waals surface area contributed by atoms with Crippen LogP contribution in [0.5, 0.6) is 23.0 Å². The van der Waals surface area contributed by atoms with Gasteiger partial charge in [0.1, 0.15) is 29.3 Å². The Hall–Kier alpha value is -16.1. The molecular weight excluding hydrogens is 1720 g/mol. The Morgan fingerprint density at radius 1 is 0.432 bits per heavy atom. The monoisotopic (exact) mass is 1810 g/mol. The van der Waals surface area contributed by atoms with Gasteiger partial charge in [-0.2, -0.15) is 10.2 Å². The predicted octanol–water partition coefficient (Wildman–Crippen LogP) is 9.56. The number of ether oxygens (including phenoxy) is 2. The van der Waals surface area contributed by atoms with E-state index in [1.165, 1.54) is 87.5 Å². The van der Waals surface area contributed by atoms with Gasteiger partial charge in [-0.3, -0.25) is 33.4 Å². The number of amides is 2. The number of aryl methyl sites for hydroxylation is 4. The third kappa shape index (κ3) is 62.1. The molecule has 3 heterocycles. The Morgan fingerprint density at radius 2 is 0.689 bits per heavy atom. The van der Waals surface area contributed by atoms with Crippen molar-refractivity contribution in [2.24, 2.45) is 25.6 Å². The second-order valence-electron chi connectivity index (χ2n) is 24.5. The number of rotatable bonds is 14. The van der Waals surface area contributed by atoms with Gasteiger partial charge in [0.25, 0.3) is 0 Å². The van der Waals surface area contributed by atoms with E-state index in [9.17, 15) is 28.8 Å². The van der Waals surface area contributed by atoms with Crippen LogP contribution in [0.4, 0.5) is 0 Å². The van der Waals surface area contributed by atoms with E-state index in [0.717, 1.165) is 50.6 Å². The molecule has 2 fully saturated rings. The van der Waals surface area contributed by atoms with Gasteiger partial charge >= 0.3 is 41.5 Å². The van der Waals surface area contributed by atoms with Gasteiger partial charge in [0.2, 0.25) is 17.8 Å². The van der Waals surface area contributed by atoms with E-state index in [-0.39, 0.29) is 49.4 Å². The molecule has 132 heavy (non-hydrogen) atoms. The van der Waals surface area contributed by atoms with Gasteiger partial charge in [-0.05, 0) is 276 Å². The maximum Gasteiger partial charge on any atom is 1.00 e. The molecule has 0 spiro atoms. The molecule has 2 amide bonds. The summed E-state index contributed by atoms with van der Waals surface area (Å²) in [6.07, 6.45) is 13.0. The summed E-state index contributed by atoms with van der Waals surface area (Å²) in [4.78, 5) is 74.2. The summed E-state index contributed by atoms with van der Waals surface area (Å²) in [6, 6.07) is 28.7. The predicted molar refractivity (Wildman–Crippen MR) is 526 cm³/mol. The Bertz CT molecular complexity index is 6290. The van der Waals surface area contributed by atoms with Crippen LogP contribution in [0.25, 0.3) is 0 Å². The Labute approximate surface area is 814 Å². The summed E-state index contributed by atoms with van der Waals surface area (Å²) in [5.74, 6) is 116. The summed E-state index contributed by atoms with van der Waals surface area (Å²) in [7, 11) is 13.0. The van der Waals surface area contributed by atoms with Crippen LogP contribution in [0.15, 0.2) is 109 Å². The van der Waals surface area contributed by atoms with E-state index < -0.39 is 29.7 Å². The van der Waals surface area contributed by atoms with Gasteiger partial charge in [0.05, 0.1) is 11.4 Å². The Balaban J connectivity index is -0.00000166. The van der Waals surface area contributed by atoms with Gasteiger partial charge in [-0.25, -0.2) is 19.4 Å². The van der Waals surface area contributed by atoms with Gasteiger partial charge in [-0.15, -0.1) is 30.3 Å². The molecule has 1 saturated heterocycles. The van der Waals surface area contributed by atoms with Crippen LogP contribution in [0.3, 0.4) is 0 Å². The molecule has 1 saturated carbocycles. The molecule has 24 heteroatoms. The number of aldehydes is 1. The van der Waals surface area contributed by atoms with Crippen LogP contribution in [0.2, 0.25) is 0 Å². The number of likely N-dealkylation sites (tertiary alicyclic amines) is 1. The third-order valence-corrected chi connectivity index (χ3v) is 15.4.